The maximum Gasteiger partial charge on any atom is 1.00 e. The summed E-state index contributed by atoms with van der Waals surface area (Å²) >= 11 is 0. The molecule has 0 bridgehead atoms. The fraction of sp³-hybridized carbons (Fsp3) is 0.0769. The van der Waals surface area contributed by atoms with Crippen molar-refractivity contribution < 1.29 is 61.8 Å². The Balaban J connectivity index is 0.00000392. The predicted octanol–water partition coefficient (Wildman–Crippen LogP) is -1.62. The number of benzene rings is 2. The second-order valence-electron chi connectivity index (χ2n) is 5.01. The van der Waals surface area contributed by atoms with Gasteiger partial charge in [-0.2, -0.15) is 0 Å². The molecule has 28 heavy (non-hydrogen) atoms. The Morgan fingerprint density at radius 2 is 1.36 bits per heavy atom. The number of nitro groups is 2. The number of hydrogen-bond donors (Lipinski definition) is 1. The van der Waals surface area contributed by atoms with Crippen molar-refractivity contribution in [3.8, 4) is 5.75 Å². The van der Waals surface area contributed by atoms with Crippen LogP contribution < -0.4 is 43.7 Å². The molecule has 0 fully saturated rings. The minimum absolute atomic E-state index is 0. The van der Waals surface area contributed by atoms with Gasteiger partial charge in [-0.15, -0.1) is 0 Å². The smallest absolute Gasteiger partial charge is 0.768 e. The average Bonchev–Trinajstić information content (AvgIpc) is 2.60. The van der Waals surface area contributed by atoms with Crippen LogP contribution in [0.1, 0.15) is 0 Å². The fourth-order valence-corrected chi connectivity index (χ4v) is 4.30. The third-order valence-electron chi connectivity index (χ3n) is 3.10. The molecule has 1 unspecified atom stereocenters. The van der Waals surface area contributed by atoms with Crippen LogP contribution in [0.15, 0.2) is 53.4 Å². The van der Waals surface area contributed by atoms with E-state index >= 15 is 0 Å². The zero-order chi connectivity index (χ0) is 20.2. The molecule has 1 atom stereocenters. The van der Waals surface area contributed by atoms with E-state index in [-0.39, 0.29) is 51.6 Å². The maximum absolute atomic E-state index is 12.1. The SMILES string of the molecule is O=[N+]([O-])c1ccc(OP(=O)([O-])CNS(=O)(=O)c2ccc([N+](=O)[O-])cc2)cc1.[Na+]. The van der Waals surface area contributed by atoms with Crippen LogP contribution in [0.3, 0.4) is 0 Å². The third kappa shape index (κ3) is 6.63. The Hall–Kier alpha value is -1.86. The van der Waals surface area contributed by atoms with Gasteiger partial charge in [-0.05, 0) is 24.3 Å². The molecule has 2 rings (SSSR count). The summed E-state index contributed by atoms with van der Waals surface area (Å²) in [6.45, 7) is 0. The molecule has 2 aromatic carbocycles. The molecule has 144 valence electrons. The number of nitrogens with zero attached hydrogens (tertiary/aromatic N) is 2. The van der Waals surface area contributed by atoms with Gasteiger partial charge in [0.2, 0.25) is 10.0 Å². The zero-order valence-corrected chi connectivity index (χ0v) is 18.0. The first-order valence-corrected chi connectivity index (χ1v) is 10.2. The van der Waals surface area contributed by atoms with Crippen LogP contribution in [0, 0.1) is 20.2 Å². The Morgan fingerprint density at radius 1 is 0.929 bits per heavy atom. The molecule has 0 radical (unpaired) electrons. The third-order valence-corrected chi connectivity index (χ3v) is 5.76. The quantitative estimate of drug-likeness (QED) is 0.219. The van der Waals surface area contributed by atoms with Crippen LogP contribution in [0.25, 0.3) is 0 Å². The number of non-ortho nitro benzene ring substituents is 2. The van der Waals surface area contributed by atoms with Gasteiger partial charge in [0.15, 0.2) is 7.60 Å². The van der Waals surface area contributed by atoms with Crippen molar-refractivity contribution in [3.63, 3.8) is 0 Å². The average molecular weight is 439 g/mol. The number of rotatable bonds is 8. The van der Waals surface area contributed by atoms with E-state index in [2.05, 4.69) is 4.52 Å². The van der Waals surface area contributed by atoms with Crippen molar-refractivity contribution in [2.24, 2.45) is 0 Å². The monoisotopic (exact) mass is 439 g/mol. The standard InChI is InChI=1S/C13H12N3O9PS.Na/c17-15(18)10-1-5-12(6-2-10)25-26(21,22)9-14-27(23,24)13-7-3-11(4-8-13)16(19)20;/h1-8,14H,9H2,(H,21,22);/q;+1/p-1. The van der Waals surface area contributed by atoms with Crippen LogP contribution in [-0.2, 0) is 14.6 Å². The minimum atomic E-state index is -4.71. The molecule has 1 N–H and O–H groups in total. The van der Waals surface area contributed by atoms with Crippen LogP contribution in [0.4, 0.5) is 11.4 Å². The summed E-state index contributed by atoms with van der Waals surface area (Å²) in [5.74, 6) is -0.228. The molecule has 0 aromatic heterocycles. The first kappa shape index (κ1) is 24.2. The van der Waals surface area contributed by atoms with Gasteiger partial charge < -0.3 is 9.42 Å². The maximum atomic E-state index is 12.1. The van der Waals surface area contributed by atoms with Crippen molar-refractivity contribution in [1.29, 1.82) is 0 Å². The molecule has 12 nitrogen and oxygen atoms in total. The fourth-order valence-electron chi connectivity index (χ4n) is 1.82. The molecule has 0 amide bonds. The van der Waals surface area contributed by atoms with Crippen LogP contribution in [0.2, 0.25) is 0 Å². The number of nitro benzene ring substituents is 2. The summed E-state index contributed by atoms with van der Waals surface area (Å²) in [4.78, 5) is 31.2. The summed E-state index contributed by atoms with van der Waals surface area (Å²) in [5, 5.41) is 21.1. The molecular formula is C13H11N3NaO9PS. The normalized spacial score (nSPS) is 13.0. The second kappa shape index (κ2) is 9.56. The Bertz CT molecular complexity index is 1010. The number of hydrogen-bond acceptors (Lipinski definition) is 9. The largest absolute Gasteiger partial charge is 1.00 e. The van der Waals surface area contributed by atoms with E-state index in [1.807, 2.05) is 4.72 Å². The molecule has 0 spiro atoms. The van der Waals surface area contributed by atoms with Crippen LogP contribution >= 0.6 is 7.60 Å². The Morgan fingerprint density at radius 3 is 1.79 bits per heavy atom. The van der Waals surface area contributed by atoms with E-state index in [9.17, 15) is 38.1 Å². The topological polar surface area (TPSA) is 182 Å². The molecule has 2 aromatic rings. The first-order chi connectivity index (χ1) is 12.5. The first-order valence-electron chi connectivity index (χ1n) is 6.98. The van der Waals surface area contributed by atoms with Gasteiger partial charge in [-0.1, -0.05) is 0 Å². The van der Waals surface area contributed by atoms with E-state index in [0.717, 1.165) is 48.5 Å². The number of nitrogens with one attached hydrogen (secondary N) is 1. The van der Waals surface area contributed by atoms with E-state index in [1.165, 1.54) is 0 Å². The van der Waals surface area contributed by atoms with Crippen molar-refractivity contribution in [1.82, 2.24) is 4.72 Å². The molecule has 0 heterocycles. The van der Waals surface area contributed by atoms with Crippen molar-refractivity contribution >= 4 is 29.0 Å². The molecule has 0 saturated heterocycles. The number of sulfonamides is 1. The van der Waals surface area contributed by atoms with Gasteiger partial charge in [0.25, 0.3) is 11.4 Å². The Kier molecular flexibility index (Phi) is 8.26. The van der Waals surface area contributed by atoms with Crippen molar-refractivity contribution in [2.75, 3.05) is 6.29 Å². The van der Waals surface area contributed by atoms with E-state index < -0.39 is 33.8 Å². The van der Waals surface area contributed by atoms with E-state index in [0.29, 0.717) is 0 Å². The minimum Gasteiger partial charge on any atom is -0.768 e. The molecule has 0 aliphatic rings. The molecule has 0 aliphatic carbocycles. The second-order valence-corrected chi connectivity index (χ2v) is 8.50. The van der Waals surface area contributed by atoms with Gasteiger partial charge in [0, 0.05) is 24.3 Å². The van der Waals surface area contributed by atoms with Gasteiger partial charge >= 0.3 is 29.6 Å². The molecule has 0 saturated carbocycles. The van der Waals surface area contributed by atoms with E-state index in [1.54, 1.807) is 0 Å². The van der Waals surface area contributed by atoms with Gasteiger partial charge in [0.1, 0.15) is 5.75 Å². The molecular weight excluding hydrogens is 428 g/mol. The van der Waals surface area contributed by atoms with Gasteiger partial charge in [-0.25, -0.2) is 13.1 Å². The zero-order valence-electron chi connectivity index (χ0n) is 14.3. The van der Waals surface area contributed by atoms with Crippen LogP contribution in [0.5, 0.6) is 5.75 Å². The predicted molar refractivity (Wildman–Crippen MR) is 89.6 cm³/mol. The van der Waals surface area contributed by atoms with Gasteiger partial charge in [0.05, 0.1) is 21.0 Å². The molecule has 15 heteroatoms. The summed E-state index contributed by atoms with van der Waals surface area (Å²) in [6, 6.07) is 7.96. The molecule has 0 aliphatic heterocycles. The van der Waals surface area contributed by atoms with Crippen LogP contribution in [-0.4, -0.2) is 24.6 Å². The summed E-state index contributed by atoms with van der Waals surface area (Å²) in [5.41, 5.74) is -0.605. The summed E-state index contributed by atoms with van der Waals surface area (Å²) < 4.78 is 42.5. The van der Waals surface area contributed by atoms with E-state index in [4.69, 9.17) is 0 Å². The Labute approximate surface area is 180 Å². The summed E-state index contributed by atoms with van der Waals surface area (Å²) in [6.07, 6.45) is -1.09. The van der Waals surface area contributed by atoms with Gasteiger partial charge in [-0.3, -0.25) is 24.8 Å². The van der Waals surface area contributed by atoms with Crippen molar-refractivity contribution in [2.45, 2.75) is 4.90 Å². The van der Waals surface area contributed by atoms with Crippen molar-refractivity contribution in [3.05, 3.63) is 68.8 Å². The summed E-state index contributed by atoms with van der Waals surface area (Å²) in [7, 11) is -8.97.